The second kappa shape index (κ2) is 5.60. The highest BCUT2D eigenvalue weighted by Gasteiger charge is 2.36. The van der Waals surface area contributed by atoms with E-state index >= 15 is 0 Å². The number of hydrogen-bond donors (Lipinski definition) is 0. The monoisotopic (exact) mass is 293 g/mol. The average molecular weight is 293 g/mol. The summed E-state index contributed by atoms with van der Waals surface area (Å²) >= 11 is 0. The van der Waals surface area contributed by atoms with Gasteiger partial charge in [-0.25, -0.2) is 0 Å². The van der Waals surface area contributed by atoms with Crippen molar-refractivity contribution in [3.8, 4) is 0 Å². The first kappa shape index (κ1) is 14.3. The van der Waals surface area contributed by atoms with E-state index in [1.165, 1.54) is 12.8 Å². The normalized spacial score (nSPS) is 26.5. The summed E-state index contributed by atoms with van der Waals surface area (Å²) < 4.78 is 13.8. The van der Waals surface area contributed by atoms with Crippen molar-refractivity contribution in [3.05, 3.63) is 34.1 Å². The molecule has 5 nitrogen and oxygen atoms in total. The van der Waals surface area contributed by atoms with E-state index in [1.54, 1.807) is 12.1 Å². The topological polar surface area (TPSA) is 49.6 Å². The second-order valence-electron chi connectivity index (χ2n) is 6.01. The standard InChI is InChI=1S/C15H20FN3O2/c1-11-9-17-8-3-2-5-12(17)10-18(11)14-7-4-6-13(16)15(14)19(20)21/h4,6-7,11-12H,2-3,5,8-10H2,1H3. The first-order valence-corrected chi connectivity index (χ1v) is 7.51. The molecule has 0 bridgehead atoms. The smallest absolute Gasteiger partial charge is 0.327 e. The molecule has 0 radical (unpaired) electrons. The number of para-hydroxylation sites is 1. The van der Waals surface area contributed by atoms with Crippen molar-refractivity contribution in [3.63, 3.8) is 0 Å². The van der Waals surface area contributed by atoms with Gasteiger partial charge in [0.2, 0.25) is 5.82 Å². The molecule has 1 aromatic rings. The fourth-order valence-corrected chi connectivity index (χ4v) is 3.60. The number of hydrogen-bond acceptors (Lipinski definition) is 4. The third kappa shape index (κ3) is 2.60. The van der Waals surface area contributed by atoms with Gasteiger partial charge in [-0.1, -0.05) is 12.5 Å². The lowest BCUT2D eigenvalue weighted by molar-refractivity contribution is -0.386. The van der Waals surface area contributed by atoms with Crippen LogP contribution in [0.25, 0.3) is 0 Å². The van der Waals surface area contributed by atoms with Gasteiger partial charge in [0.15, 0.2) is 0 Å². The number of nitro groups is 1. The number of rotatable bonds is 2. The molecule has 2 unspecified atom stereocenters. The van der Waals surface area contributed by atoms with Crippen molar-refractivity contribution in [2.45, 2.75) is 38.3 Å². The highest BCUT2D eigenvalue weighted by Crippen LogP contribution is 2.35. The summed E-state index contributed by atoms with van der Waals surface area (Å²) in [5.74, 6) is -0.754. The molecule has 114 valence electrons. The molecule has 3 rings (SSSR count). The number of nitrogens with zero attached hydrogens (tertiary/aromatic N) is 3. The molecule has 2 saturated heterocycles. The van der Waals surface area contributed by atoms with Crippen LogP contribution in [0.5, 0.6) is 0 Å². The molecule has 0 amide bonds. The predicted octanol–water partition coefficient (Wildman–Crippen LogP) is 2.80. The van der Waals surface area contributed by atoms with Gasteiger partial charge in [-0.3, -0.25) is 15.0 Å². The van der Waals surface area contributed by atoms with Gasteiger partial charge in [0.1, 0.15) is 5.69 Å². The van der Waals surface area contributed by atoms with Crippen molar-refractivity contribution in [1.82, 2.24) is 4.90 Å². The van der Waals surface area contributed by atoms with Crippen molar-refractivity contribution in [1.29, 1.82) is 0 Å². The summed E-state index contributed by atoms with van der Waals surface area (Å²) in [6, 6.07) is 4.95. The third-order valence-electron chi connectivity index (χ3n) is 4.64. The highest BCUT2D eigenvalue weighted by atomic mass is 19.1. The van der Waals surface area contributed by atoms with E-state index < -0.39 is 16.4 Å². The lowest BCUT2D eigenvalue weighted by Gasteiger charge is -2.48. The van der Waals surface area contributed by atoms with E-state index in [1.807, 2.05) is 4.90 Å². The molecule has 0 aliphatic carbocycles. The Labute approximate surface area is 123 Å². The first-order valence-electron chi connectivity index (χ1n) is 7.51. The zero-order chi connectivity index (χ0) is 15.0. The van der Waals surface area contributed by atoms with Gasteiger partial charge in [0.05, 0.1) is 4.92 Å². The number of piperidine rings is 1. The Balaban J connectivity index is 1.93. The molecule has 2 atom stereocenters. The summed E-state index contributed by atoms with van der Waals surface area (Å²) in [7, 11) is 0. The lowest BCUT2D eigenvalue weighted by Crippen LogP contribution is -2.59. The number of halogens is 1. The number of anilines is 1. The zero-order valence-electron chi connectivity index (χ0n) is 12.2. The SMILES string of the molecule is CC1CN2CCCCC2CN1c1cccc(F)c1[N+](=O)[O-]. The number of benzene rings is 1. The fourth-order valence-electron chi connectivity index (χ4n) is 3.60. The van der Waals surface area contributed by atoms with E-state index in [9.17, 15) is 14.5 Å². The van der Waals surface area contributed by atoms with Crippen molar-refractivity contribution < 1.29 is 9.31 Å². The maximum atomic E-state index is 13.8. The Bertz CT molecular complexity index is 552. The van der Waals surface area contributed by atoms with Gasteiger partial charge < -0.3 is 4.90 Å². The van der Waals surface area contributed by atoms with E-state index in [0.29, 0.717) is 11.7 Å². The molecule has 2 aliphatic rings. The van der Waals surface area contributed by atoms with E-state index in [2.05, 4.69) is 11.8 Å². The lowest BCUT2D eigenvalue weighted by atomic mass is 9.96. The Morgan fingerprint density at radius 2 is 2.14 bits per heavy atom. The summed E-state index contributed by atoms with van der Waals surface area (Å²) in [6.07, 6.45) is 3.55. The molecule has 0 spiro atoms. The molecule has 2 heterocycles. The molecule has 2 fully saturated rings. The van der Waals surface area contributed by atoms with Crippen molar-refractivity contribution in [2.75, 3.05) is 24.5 Å². The molecule has 21 heavy (non-hydrogen) atoms. The molecule has 2 aliphatic heterocycles. The summed E-state index contributed by atoms with van der Waals surface area (Å²) in [5.41, 5.74) is 0.0198. The predicted molar refractivity (Wildman–Crippen MR) is 79.1 cm³/mol. The number of fused-ring (bicyclic) bond motifs is 1. The van der Waals surface area contributed by atoms with Gasteiger partial charge in [-0.2, -0.15) is 4.39 Å². The van der Waals surface area contributed by atoms with Crippen LogP contribution in [0.3, 0.4) is 0 Å². The minimum absolute atomic E-state index is 0.153. The van der Waals surface area contributed by atoms with Crippen LogP contribution in [0, 0.1) is 15.9 Å². The minimum atomic E-state index is -0.754. The molecule has 6 heteroatoms. The Morgan fingerprint density at radius 1 is 1.33 bits per heavy atom. The average Bonchev–Trinajstić information content (AvgIpc) is 2.45. The second-order valence-corrected chi connectivity index (χ2v) is 6.01. The van der Waals surface area contributed by atoms with Crippen LogP contribution in [0.2, 0.25) is 0 Å². The van der Waals surface area contributed by atoms with Gasteiger partial charge in [0.25, 0.3) is 0 Å². The quantitative estimate of drug-likeness (QED) is 0.621. The molecule has 0 N–H and O–H groups in total. The molecule has 1 aromatic carbocycles. The highest BCUT2D eigenvalue weighted by molar-refractivity contribution is 5.64. The summed E-state index contributed by atoms with van der Waals surface area (Å²) in [6.45, 7) is 4.79. The summed E-state index contributed by atoms with van der Waals surface area (Å²) in [5, 5.41) is 11.2. The van der Waals surface area contributed by atoms with Gasteiger partial charge in [0, 0.05) is 25.2 Å². The molecular weight excluding hydrogens is 273 g/mol. The van der Waals surface area contributed by atoms with Crippen LogP contribution in [0.15, 0.2) is 18.2 Å². The molecule has 0 aromatic heterocycles. The van der Waals surface area contributed by atoms with Gasteiger partial charge >= 0.3 is 5.69 Å². The van der Waals surface area contributed by atoms with Crippen LogP contribution in [-0.2, 0) is 0 Å². The van der Waals surface area contributed by atoms with Crippen LogP contribution in [0.1, 0.15) is 26.2 Å². The Morgan fingerprint density at radius 3 is 2.90 bits per heavy atom. The Kier molecular flexibility index (Phi) is 3.80. The first-order chi connectivity index (χ1) is 10.1. The van der Waals surface area contributed by atoms with Crippen LogP contribution in [-0.4, -0.2) is 41.5 Å². The maximum absolute atomic E-state index is 13.8. The van der Waals surface area contributed by atoms with Crippen molar-refractivity contribution >= 4 is 11.4 Å². The molecule has 0 saturated carbocycles. The number of piperazine rings is 1. The Hall–Kier alpha value is -1.69. The van der Waals surface area contributed by atoms with E-state index in [-0.39, 0.29) is 6.04 Å². The van der Waals surface area contributed by atoms with Crippen LogP contribution in [0.4, 0.5) is 15.8 Å². The van der Waals surface area contributed by atoms with E-state index in [4.69, 9.17) is 0 Å². The van der Waals surface area contributed by atoms with Gasteiger partial charge in [-0.05, 0) is 38.4 Å². The minimum Gasteiger partial charge on any atom is -0.360 e. The summed E-state index contributed by atoms with van der Waals surface area (Å²) in [4.78, 5) is 15.1. The van der Waals surface area contributed by atoms with Crippen molar-refractivity contribution in [2.24, 2.45) is 0 Å². The fraction of sp³-hybridized carbons (Fsp3) is 0.600. The third-order valence-corrected chi connectivity index (χ3v) is 4.64. The zero-order valence-corrected chi connectivity index (χ0v) is 12.2. The number of nitro benzene ring substituents is 1. The van der Waals surface area contributed by atoms with E-state index in [0.717, 1.165) is 32.1 Å². The maximum Gasteiger partial charge on any atom is 0.327 e. The largest absolute Gasteiger partial charge is 0.360 e. The van der Waals surface area contributed by atoms with Gasteiger partial charge in [-0.15, -0.1) is 0 Å². The van der Waals surface area contributed by atoms with Crippen LogP contribution >= 0.6 is 0 Å². The molecular formula is C15H20FN3O2. The van der Waals surface area contributed by atoms with Crippen LogP contribution < -0.4 is 4.90 Å².